The highest BCUT2D eigenvalue weighted by atomic mass is 16.5. The van der Waals surface area contributed by atoms with Crippen LogP contribution in [0.4, 0.5) is 0 Å². The molecule has 0 unspecified atom stereocenters. The third kappa shape index (κ3) is 7.28. The van der Waals surface area contributed by atoms with Crippen LogP contribution in [-0.2, 0) is 9.59 Å². The minimum atomic E-state index is -1.22. The number of para-hydroxylation sites is 1. The number of carbonyl (C=O) groups is 2. The molecule has 0 aliphatic heterocycles. The van der Waals surface area contributed by atoms with Gasteiger partial charge in [-0.3, -0.25) is 4.79 Å². The van der Waals surface area contributed by atoms with E-state index in [0.717, 1.165) is 12.8 Å². The van der Waals surface area contributed by atoms with Crippen LogP contribution in [0.3, 0.4) is 0 Å². The molecule has 1 amide bonds. The maximum atomic E-state index is 11.3. The molecular formula is C19H27NO5. The lowest BCUT2D eigenvalue weighted by molar-refractivity contribution is -0.134. The number of nitrogens with one attached hydrogen (secondary N) is 1. The zero-order chi connectivity index (χ0) is 18.7. The molecule has 1 aromatic rings. The Balaban J connectivity index is 2.95. The van der Waals surface area contributed by atoms with Crippen LogP contribution in [-0.4, -0.2) is 30.7 Å². The van der Waals surface area contributed by atoms with Crippen LogP contribution in [0.5, 0.6) is 11.5 Å². The number of unbranched alkanes of at least 4 members (excludes halogenated alkanes) is 4. The predicted octanol–water partition coefficient (Wildman–Crippen LogP) is 3.61. The SMILES string of the molecule is CCCCCCCOc1c(/C=C(\NC(C)=O)C(=O)O)cccc1OC. The first kappa shape index (κ1) is 20.5. The smallest absolute Gasteiger partial charge is 0.352 e. The van der Waals surface area contributed by atoms with Gasteiger partial charge in [-0.2, -0.15) is 0 Å². The fourth-order valence-electron chi connectivity index (χ4n) is 2.34. The lowest BCUT2D eigenvalue weighted by Gasteiger charge is -2.14. The van der Waals surface area contributed by atoms with Gasteiger partial charge >= 0.3 is 5.97 Å². The third-order valence-electron chi connectivity index (χ3n) is 3.56. The maximum Gasteiger partial charge on any atom is 0.352 e. The van der Waals surface area contributed by atoms with Crippen molar-refractivity contribution in [2.24, 2.45) is 0 Å². The van der Waals surface area contributed by atoms with Crippen molar-refractivity contribution in [3.63, 3.8) is 0 Å². The normalized spacial score (nSPS) is 11.1. The van der Waals surface area contributed by atoms with Crippen LogP contribution in [0.25, 0.3) is 6.08 Å². The first-order valence-corrected chi connectivity index (χ1v) is 8.52. The standard InChI is InChI=1S/C19H27NO5/c1-4-5-6-7-8-12-25-18-15(10-9-11-17(18)24-3)13-16(19(22)23)20-14(2)21/h9-11,13H,4-8,12H2,1-3H3,(H,20,21)(H,22,23)/b16-13-. The van der Waals surface area contributed by atoms with E-state index in [0.29, 0.717) is 23.7 Å². The van der Waals surface area contributed by atoms with E-state index in [1.807, 2.05) is 0 Å². The Morgan fingerprint density at radius 3 is 2.52 bits per heavy atom. The molecule has 2 N–H and O–H groups in total. The number of hydrogen-bond acceptors (Lipinski definition) is 4. The molecule has 25 heavy (non-hydrogen) atoms. The van der Waals surface area contributed by atoms with Crippen LogP contribution in [0.15, 0.2) is 23.9 Å². The van der Waals surface area contributed by atoms with Gasteiger partial charge in [-0.15, -0.1) is 0 Å². The molecule has 0 aliphatic rings. The number of hydrogen-bond donors (Lipinski definition) is 2. The lowest BCUT2D eigenvalue weighted by Crippen LogP contribution is -2.24. The van der Waals surface area contributed by atoms with Crippen molar-refractivity contribution in [2.45, 2.75) is 46.0 Å². The van der Waals surface area contributed by atoms with E-state index < -0.39 is 11.9 Å². The zero-order valence-corrected chi connectivity index (χ0v) is 15.1. The van der Waals surface area contributed by atoms with Crippen molar-refractivity contribution in [2.75, 3.05) is 13.7 Å². The molecule has 1 aromatic carbocycles. The Bertz CT molecular complexity index is 610. The molecule has 1 rings (SSSR count). The third-order valence-corrected chi connectivity index (χ3v) is 3.56. The molecule has 0 aliphatic carbocycles. The highest BCUT2D eigenvalue weighted by Gasteiger charge is 2.14. The summed E-state index contributed by atoms with van der Waals surface area (Å²) in [5.41, 5.74) is 0.326. The van der Waals surface area contributed by atoms with Crippen LogP contribution in [0.1, 0.15) is 51.5 Å². The molecule has 0 atom stereocenters. The van der Waals surface area contributed by atoms with Gasteiger partial charge in [0.05, 0.1) is 13.7 Å². The summed E-state index contributed by atoms with van der Waals surface area (Å²) in [6, 6.07) is 5.22. The van der Waals surface area contributed by atoms with Crippen LogP contribution in [0, 0.1) is 0 Å². The molecule has 0 fully saturated rings. The molecule has 6 nitrogen and oxygen atoms in total. The van der Waals surface area contributed by atoms with Crippen molar-refractivity contribution < 1.29 is 24.2 Å². The molecule has 0 aromatic heterocycles. The number of aliphatic carboxylic acids is 1. The molecule has 0 bridgehead atoms. The Kier molecular flexibility index (Phi) is 9.14. The van der Waals surface area contributed by atoms with E-state index in [2.05, 4.69) is 12.2 Å². The number of carboxylic acids is 1. The summed E-state index contributed by atoms with van der Waals surface area (Å²) >= 11 is 0. The van der Waals surface area contributed by atoms with E-state index in [-0.39, 0.29) is 5.70 Å². The molecular weight excluding hydrogens is 322 g/mol. The Hall–Kier alpha value is -2.50. The minimum absolute atomic E-state index is 0.214. The summed E-state index contributed by atoms with van der Waals surface area (Å²) in [5.74, 6) is -0.669. The molecule has 6 heteroatoms. The van der Waals surface area contributed by atoms with Crippen molar-refractivity contribution in [1.82, 2.24) is 5.32 Å². The van der Waals surface area contributed by atoms with Gasteiger partial charge in [-0.05, 0) is 18.6 Å². The molecule has 0 saturated carbocycles. The summed E-state index contributed by atoms with van der Waals surface area (Å²) in [4.78, 5) is 22.5. The van der Waals surface area contributed by atoms with Gasteiger partial charge < -0.3 is 19.9 Å². The van der Waals surface area contributed by atoms with Gasteiger partial charge in [0, 0.05) is 12.5 Å². The Morgan fingerprint density at radius 2 is 1.92 bits per heavy atom. The second-order valence-electron chi connectivity index (χ2n) is 5.69. The second-order valence-corrected chi connectivity index (χ2v) is 5.69. The van der Waals surface area contributed by atoms with Crippen LogP contribution < -0.4 is 14.8 Å². The van der Waals surface area contributed by atoms with Gasteiger partial charge in [-0.1, -0.05) is 44.7 Å². The Morgan fingerprint density at radius 1 is 1.20 bits per heavy atom. The number of carboxylic acid groups (broad SMARTS) is 1. The molecule has 0 heterocycles. The van der Waals surface area contributed by atoms with E-state index in [1.165, 1.54) is 39.4 Å². The fourth-order valence-corrected chi connectivity index (χ4v) is 2.34. The lowest BCUT2D eigenvalue weighted by atomic mass is 10.1. The number of carbonyl (C=O) groups excluding carboxylic acids is 1. The second kappa shape index (κ2) is 11.1. The number of amides is 1. The van der Waals surface area contributed by atoms with E-state index in [9.17, 15) is 14.7 Å². The number of rotatable bonds is 11. The molecule has 0 saturated heterocycles. The number of methoxy groups -OCH3 is 1. The fraction of sp³-hybridized carbons (Fsp3) is 0.474. The zero-order valence-electron chi connectivity index (χ0n) is 15.1. The highest BCUT2D eigenvalue weighted by molar-refractivity contribution is 5.96. The van der Waals surface area contributed by atoms with Crippen LogP contribution >= 0.6 is 0 Å². The van der Waals surface area contributed by atoms with Gasteiger partial charge in [0.1, 0.15) is 5.70 Å². The van der Waals surface area contributed by atoms with Crippen molar-refractivity contribution in [1.29, 1.82) is 0 Å². The van der Waals surface area contributed by atoms with E-state index in [4.69, 9.17) is 9.47 Å². The Labute approximate surface area is 148 Å². The summed E-state index contributed by atoms with van der Waals surface area (Å²) in [6.07, 6.45) is 6.94. The average molecular weight is 349 g/mol. The topological polar surface area (TPSA) is 84.9 Å². The number of ether oxygens (including phenoxy) is 2. The summed E-state index contributed by atoms with van der Waals surface area (Å²) < 4.78 is 11.2. The summed E-state index contributed by atoms with van der Waals surface area (Å²) in [6.45, 7) is 3.95. The van der Waals surface area contributed by atoms with E-state index in [1.54, 1.807) is 18.2 Å². The summed E-state index contributed by atoms with van der Waals surface area (Å²) in [7, 11) is 1.53. The summed E-state index contributed by atoms with van der Waals surface area (Å²) in [5, 5.41) is 11.6. The van der Waals surface area contributed by atoms with E-state index >= 15 is 0 Å². The van der Waals surface area contributed by atoms with Crippen molar-refractivity contribution in [3.05, 3.63) is 29.5 Å². The van der Waals surface area contributed by atoms with Crippen molar-refractivity contribution in [3.8, 4) is 11.5 Å². The van der Waals surface area contributed by atoms with Gasteiger partial charge in [0.15, 0.2) is 11.5 Å². The first-order chi connectivity index (χ1) is 12.0. The quantitative estimate of drug-likeness (QED) is 0.471. The highest BCUT2D eigenvalue weighted by Crippen LogP contribution is 2.32. The minimum Gasteiger partial charge on any atom is -0.493 e. The predicted molar refractivity (Wildman–Crippen MR) is 96.7 cm³/mol. The van der Waals surface area contributed by atoms with Crippen molar-refractivity contribution >= 4 is 18.0 Å². The van der Waals surface area contributed by atoms with Gasteiger partial charge in [0.25, 0.3) is 0 Å². The number of benzene rings is 1. The average Bonchev–Trinajstić information content (AvgIpc) is 2.57. The first-order valence-electron chi connectivity index (χ1n) is 8.52. The molecule has 0 spiro atoms. The molecule has 0 radical (unpaired) electrons. The molecule has 138 valence electrons. The maximum absolute atomic E-state index is 11.3. The van der Waals surface area contributed by atoms with Gasteiger partial charge in [0.2, 0.25) is 5.91 Å². The largest absolute Gasteiger partial charge is 0.493 e. The van der Waals surface area contributed by atoms with Gasteiger partial charge in [-0.25, -0.2) is 4.79 Å². The van der Waals surface area contributed by atoms with Crippen LogP contribution in [0.2, 0.25) is 0 Å². The monoisotopic (exact) mass is 349 g/mol.